The van der Waals surface area contributed by atoms with Gasteiger partial charge in [0.25, 0.3) is 0 Å². The summed E-state index contributed by atoms with van der Waals surface area (Å²) in [6, 6.07) is 66.0. The number of amidine groups is 1. The zero-order valence-electron chi connectivity index (χ0n) is 32.0. The number of hydrogen-bond donors (Lipinski definition) is 0. The Morgan fingerprint density at radius 1 is 0.500 bits per heavy atom. The molecule has 0 N–H and O–H groups in total. The second-order valence-corrected chi connectivity index (χ2v) is 15.5. The maximum atomic E-state index is 6.67. The van der Waals surface area contributed by atoms with Gasteiger partial charge >= 0.3 is 0 Å². The molecule has 0 bridgehead atoms. The van der Waals surface area contributed by atoms with E-state index in [-0.39, 0.29) is 0 Å². The summed E-state index contributed by atoms with van der Waals surface area (Å²) in [5.41, 5.74) is 13.3. The van der Waals surface area contributed by atoms with Crippen LogP contribution in [-0.4, -0.2) is 11.5 Å². The molecule has 0 saturated heterocycles. The van der Waals surface area contributed by atoms with Crippen LogP contribution in [0.4, 0.5) is 0 Å². The average molecular weight is 763 g/mol. The Morgan fingerprint density at radius 3 is 1.95 bits per heavy atom. The van der Waals surface area contributed by atoms with Crippen molar-refractivity contribution in [3.63, 3.8) is 0 Å². The quantitative estimate of drug-likeness (QED) is 0.112. The maximum Gasteiger partial charge on any atom is 0.160 e. The van der Waals surface area contributed by atoms with Crippen molar-refractivity contribution in [2.45, 2.75) is 13.3 Å². The summed E-state index contributed by atoms with van der Waals surface area (Å²) in [6.45, 7) is 6.55. The highest BCUT2D eigenvalue weighted by molar-refractivity contribution is 7.26. The van der Waals surface area contributed by atoms with Crippen molar-refractivity contribution in [1.29, 1.82) is 0 Å². The molecule has 2 aromatic heterocycles. The maximum absolute atomic E-state index is 6.67. The van der Waals surface area contributed by atoms with Gasteiger partial charge in [-0.2, -0.15) is 0 Å². The summed E-state index contributed by atoms with van der Waals surface area (Å²) in [5, 5.41) is 4.63. The van der Waals surface area contributed by atoms with E-state index < -0.39 is 0 Å². The van der Waals surface area contributed by atoms with E-state index in [1.165, 1.54) is 26.6 Å². The van der Waals surface area contributed by atoms with Crippen LogP contribution >= 0.6 is 11.3 Å². The fourth-order valence-electron chi connectivity index (χ4n) is 7.98. The van der Waals surface area contributed by atoms with Crippen LogP contribution in [0, 0.1) is 0 Å². The van der Waals surface area contributed by atoms with Gasteiger partial charge in [-0.15, -0.1) is 11.3 Å². The van der Waals surface area contributed by atoms with E-state index >= 15 is 0 Å². The van der Waals surface area contributed by atoms with Crippen molar-refractivity contribution in [3.05, 3.63) is 211 Å². The van der Waals surface area contributed by atoms with E-state index in [0.717, 1.165) is 77.7 Å². The number of fused-ring (bicyclic) bond motifs is 6. The van der Waals surface area contributed by atoms with Gasteiger partial charge in [-0.1, -0.05) is 165 Å². The van der Waals surface area contributed by atoms with Gasteiger partial charge in [0.15, 0.2) is 5.84 Å². The van der Waals surface area contributed by atoms with Gasteiger partial charge in [0.05, 0.1) is 5.70 Å². The first-order valence-electron chi connectivity index (χ1n) is 19.6. The van der Waals surface area contributed by atoms with Gasteiger partial charge in [-0.05, 0) is 81.8 Å². The Hall–Kier alpha value is -7.14. The molecule has 0 spiro atoms. The third-order valence-corrected chi connectivity index (χ3v) is 12.0. The fourth-order valence-corrected chi connectivity index (χ4v) is 9.15. The van der Waals surface area contributed by atoms with Crippen LogP contribution in [0.1, 0.15) is 30.0 Å². The number of thiophene rings is 1. The van der Waals surface area contributed by atoms with Gasteiger partial charge in [-0.3, -0.25) is 0 Å². The summed E-state index contributed by atoms with van der Waals surface area (Å²) in [4.78, 5) is 10.5. The number of para-hydroxylation sites is 1. The predicted molar refractivity (Wildman–Crippen MR) is 248 cm³/mol. The molecule has 0 fully saturated rings. The number of furan rings is 1. The molecule has 3 nitrogen and oxygen atoms in total. The highest BCUT2D eigenvalue weighted by Crippen LogP contribution is 2.45. The minimum atomic E-state index is 0.634. The van der Waals surface area contributed by atoms with Gasteiger partial charge in [0.1, 0.15) is 11.2 Å². The zero-order valence-corrected chi connectivity index (χ0v) is 32.8. The Balaban J connectivity index is 1.14. The normalized spacial score (nSPS) is 12.2. The van der Waals surface area contributed by atoms with Crippen molar-refractivity contribution < 1.29 is 4.42 Å². The second kappa shape index (κ2) is 15.1. The Morgan fingerprint density at radius 2 is 1.17 bits per heavy atom. The minimum Gasteiger partial charge on any atom is -0.455 e. The standard InChI is InChI=1S/C54H38N2OS/c1-3-48(40-24-15-23-39(31-40)37-19-9-5-10-20-37)56-54(55-35(2)36-17-7-4-8-18-36)41-29-30-45-51(34-41)58-50-28-16-26-44(52(45)50)47-33-42(38-21-11-6-12-22-38)32-46-43-25-13-14-27-49(43)57-53(46)47/h4-34H,2-3H2,1H3. The lowest BCUT2D eigenvalue weighted by molar-refractivity contribution is 0.670. The third-order valence-electron chi connectivity index (χ3n) is 10.9. The van der Waals surface area contributed by atoms with Crippen LogP contribution in [0.15, 0.2) is 209 Å². The molecule has 0 aliphatic rings. The molecule has 0 aliphatic heterocycles. The smallest absolute Gasteiger partial charge is 0.160 e. The number of aliphatic imine (C=N–C) groups is 2. The first kappa shape index (κ1) is 35.3. The van der Waals surface area contributed by atoms with Crippen molar-refractivity contribution in [3.8, 4) is 33.4 Å². The largest absolute Gasteiger partial charge is 0.455 e. The summed E-state index contributed by atoms with van der Waals surface area (Å²) < 4.78 is 9.05. The molecule has 58 heavy (non-hydrogen) atoms. The van der Waals surface area contributed by atoms with Crippen LogP contribution in [-0.2, 0) is 0 Å². The minimum absolute atomic E-state index is 0.634. The molecule has 0 amide bonds. The lowest BCUT2D eigenvalue weighted by Crippen LogP contribution is -2.07. The number of nitrogens with zero attached hydrogens (tertiary/aromatic N) is 2. The molecule has 276 valence electrons. The van der Waals surface area contributed by atoms with Gasteiger partial charge < -0.3 is 4.42 Å². The van der Waals surface area contributed by atoms with Crippen LogP contribution in [0.3, 0.4) is 0 Å². The Bertz CT molecular complexity index is 3210. The molecule has 0 unspecified atom stereocenters. The van der Waals surface area contributed by atoms with Crippen molar-refractivity contribution in [1.82, 2.24) is 0 Å². The number of rotatable bonds is 8. The zero-order chi connectivity index (χ0) is 39.0. The van der Waals surface area contributed by atoms with E-state index in [1.54, 1.807) is 11.3 Å². The Labute approximate surface area is 341 Å². The third kappa shape index (κ3) is 6.54. The first-order valence-corrected chi connectivity index (χ1v) is 20.5. The van der Waals surface area contributed by atoms with Crippen molar-refractivity contribution >= 4 is 70.7 Å². The molecule has 0 radical (unpaired) electrons. The summed E-state index contributed by atoms with van der Waals surface area (Å²) in [7, 11) is 0. The van der Waals surface area contributed by atoms with Crippen molar-refractivity contribution in [2.24, 2.45) is 9.98 Å². The van der Waals surface area contributed by atoms with Crippen LogP contribution in [0.25, 0.3) is 81.2 Å². The van der Waals surface area contributed by atoms with E-state index in [2.05, 4.69) is 159 Å². The van der Waals surface area contributed by atoms with Crippen LogP contribution < -0.4 is 0 Å². The average Bonchev–Trinajstić information content (AvgIpc) is 3.86. The van der Waals surface area contributed by atoms with E-state index in [0.29, 0.717) is 11.5 Å². The molecule has 4 heteroatoms. The predicted octanol–water partition coefficient (Wildman–Crippen LogP) is 15.3. The fraction of sp³-hybridized carbons (Fsp3) is 0.0370. The molecular weight excluding hydrogens is 725 g/mol. The highest BCUT2D eigenvalue weighted by atomic mass is 32.1. The summed E-state index contributed by atoms with van der Waals surface area (Å²) in [5.74, 6) is 0.634. The highest BCUT2D eigenvalue weighted by Gasteiger charge is 2.20. The van der Waals surface area contributed by atoms with Gasteiger partial charge in [0.2, 0.25) is 0 Å². The topological polar surface area (TPSA) is 37.9 Å². The molecule has 0 saturated carbocycles. The first-order chi connectivity index (χ1) is 28.6. The second-order valence-electron chi connectivity index (χ2n) is 14.5. The van der Waals surface area contributed by atoms with Gasteiger partial charge in [0, 0.05) is 47.8 Å². The SMILES string of the molecule is C=C(N=C(N=C(CC)c1cccc(-c2ccccc2)c1)c1ccc2c(c1)sc1cccc(-c3cc(-c4ccccc4)cc4c3oc3ccccc34)c12)c1ccccc1. The number of benzene rings is 8. The van der Waals surface area contributed by atoms with Crippen molar-refractivity contribution in [2.75, 3.05) is 0 Å². The molecule has 10 rings (SSSR count). The molecule has 10 aromatic rings. The monoisotopic (exact) mass is 762 g/mol. The van der Waals surface area contributed by atoms with Crippen LogP contribution in [0.5, 0.6) is 0 Å². The lowest BCUT2D eigenvalue weighted by Gasteiger charge is -2.11. The Kier molecular flexibility index (Phi) is 9.17. The van der Waals surface area contributed by atoms with E-state index in [9.17, 15) is 0 Å². The number of hydrogen-bond acceptors (Lipinski definition) is 3. The molecular formula is C54H38N2OS. The van der Waals surface area contributed by atoms with E-state index in [1.807, 2.05) is 42.5 Å². The molecule has 2 heterocycles. The lowest BCUT2D eigenvalue weighted by atomic mass is 9.93. The summed E-state index contributed by atoms with van der Waals surface area (Å²) >= 11 is 1.79. The molecule has 8 aromatic carbocycles. The van der Waals surface area contributed by atoms with Crippen LogP contribution in [0.2, 0.25) is 0 Å². The molecule has 0 aliphatic carbocycles. The van der Waals surface area contributed by atoms with E-state index in [4.69, 9.17) is 14.4 Å². The summed E-state index contributed by atoms with van der Waals surface area (Å²) in [6.07, 6.45) is 0.738. The van der Waals surface area contributed by atoms with Gasteiger partial charge in [-0.25, -0.2) is 9.98 Å². The molecule has 0 atom stereocenters.